The quantitative estimate of drug-likeness (QED) is 0.864. The van der Waals surface area contributed by atoms with Gasteiger partial charge in [-0.05, 0) is 55.6 Å². The summed E-state index contributed by atoms with van der Waals surface area (Å²) in [6.07, 6.45) is 4.23. The minimum absolute atomic E-state index is 0.0160. The van der Waals surface area contributed by atoms with E-state index in [1.807, 2.05) is 36.1 Å². The highest BCUT2D eigenvalue weighted by Gasteiger charge is 2.52. The molecule has 0 radical (unpaired) electrons. The van der Waals surface area contributed by atoms with Crippen LogP contribution in [0, 0.1) is 18.3 Å². The molecule has 2 amide bonds. The number of carbonyl (C=O) groups excluding carboxylic acids is 2. The number of likely N-dealkylation sites (tertiary alicyclic amines) is 2. The summed E-state index contributed by atoms with van der Waals surface area (Å²) in [5.74, 6) is -0.720. The van der Waals surface area contributed by atoms with E-state index in [1.165, 1.54) is 0 Å². The molecule has 1 spiro atoms. The van der Waals surface area contributed by atoms with Crippen LogP contribution < -0.4 is 0 Å². The fraction of sp³-hybridized carbons (Fsp3) is 0.591. The molecule has 1 atom stereocenters. The van der Waals surface area contributed by atoms with Gasteiger partial charge in [-0.3, -0.25) is 9.59 Å². The van der Waals surface area contributed by atoms with Gasteiger partial charge in [0.25, 0.3) is 0 Å². The van der Waals surface area contributed by atoms with Gasteiger partial charge in [0.2, 0.25) is 11.8 Å². The van der Waals surface area contributed by atoms with Gasteiger partial charge < -0.3 is 14.9 Å². The van der Waals surface area contributed by atoms with Crippen LogP contribution in [0.3, 0.4) is 0 Å². The van der Waals surface area contributed by atoms with Crippen molar-refractivity contribution < 1.29 is 19.5 Å². The van der Waals surface area contributed by atoms with Gasteiger partial charge in [0.15, 0.2) is 0 Å². The number of aliphatic carboxylic acids is 1. The summed E-state index contributed by atoms with van der Waals surface area (Å²) in [5, 5.41) is 9.62. The average molecular weight is 384 g/mol. The molecule has 4 rings (SSSR count). The third kappa shape index (κ3) is 3.64. The van der Waals surface area contributed by atoms with Gasteiger partial charge in [-0.1, -0.05) is 24.3 Å². The smallest absolute Gasteiger partial charge is 0.326 e. The Bertz CT molecular complexity index is 793. The number of carboxylic acids is 1. The highest BCUT2D eigenvalue weighted by Crippen LogP contribution is 2.45. The Morgan fingerprint density at radius 2 is 1.82 bits per heavy atom. The molecule has 150 valence electrons. The monoisotopic (exact) mass is 384 g/mol. The van der Waals surface area contributed by atoms with E-state index in [0.29, 0.717) is 32.5 Å². The Hall–Kier alpha value is -2.37. The molecule has 2 saturated heterocycles. The number of aryl methyl sites for hydroxylation is 1. The van der Waals surface area contributed by atoms with Crippen molar-refractivity contribution in [1.82, 2.24) is 9.80 Å². The molecule has 1 aromatic carbocycles. The highest BCUT2D eigenvalue weighted by molar-refractivity contribution is 5.87. The molecule has 28 heavy (non-hydrogen) atoms. The average Bonchev–Trinajstić information content (AvgIpc) is 3.46. The third-order valence-corrected chi connectivity index (χ3v) is 6.78. The predicted molar refractivity (Wildman–Crippen MR) is 104 cm³/mol. The van der Waals surface area contributed by atoms with E-state index in [-0.39, 0.29) is 23.1 Å². The van der Waals surface area contributed by atoms with Crippen molar-refractivity contribution in [3.8, 4) is 0 Å². The summed E-state index contributed by atoms with van der Waals surface area (Å²) in [6, 6.07) is 7.24. The fourth-order valence-electron chi connectivity index (χ4n) is 4.75. The molecule has 3 aliphatic rings. The second-order valence-corrected chi connectivity index (χ2v) is 8.78. The molecule has 0 bridgehead atoms. The summed E-state index contributed by atoms with van der Waals surface area (Å²) >= 11 is 0. The molecule has 0 aromatic heterocycles. The number of benzene rings is 1. The first-order chi connectivity index (χ1) is 13.4. The van der Waals surface area contributed by atoms with Crippen LogP contribution in [0.4, 0.5) is 0 Å². The Kier molecular flexibility index (Phi) is 4.89. The van der Waals surface area contributed by atoms with Crippen molar-refractivity contribution >= 4 is 17.8 Å². The molecule has 6 nitrogen and oxygen atoms in total. The molecule has 6 heteroatoms. The molecular weight excluding hydrogens is 356 g/mol. The zero-order chi connectivity index (χ0) is 19.9. The number of nitrogens with zero attached hydrogens (tertiary/aromatic N) is 2. The Morgan fingerprint density at radius 3 is 2.43 bits per heavy atom. The summed E-state index contributed by atoms with van der Waals surface area (Å²) in [4.78, 5) is 40.5. The Morgan fingerprint density at radius 1 is 1.14 bits per heavy atom. The van der Waals surface area contributed by atoms with E-state index in [4.69, 9.17) is 0 Å². The van der Waals surface area contributed by atoms with Gasteiger partial charge in [0.1, 0.15) is 6.04 Å². The number of hydrogen-bond acceptors (Lipinski definition) is 3. The summed E-state index contributed by atoms with van der Waals surface area (Å²) < 4.78 is 0. The van der Waals surface area contributed by atoms with E-state index in [2.05, 4.69) is 0 Å². The van der Waals surface area contributed by atoms with Gasteiger partial charge >= 0.3 is 5.97 Å². The second-order valence-electron chi connectivity index (χ2n) is 8.78. The lowest BCUT2D eigenvalue weighted by Gasteiger charge is -2.39. The molecule has 0 unspecified atom stereocenters. The Labute approximate surface area is 165 Å². The fourth-order valence-corrected chi connectivity index (χ4v) is 4.75. The van der Waals surface area contributed by atoms with Crippen LogP contribution in [-0.2, 0) is 20.8 Å². The number of rotatable bonds is 4. The molecule has 1 aromatic rings. The lowest BCUT2D eigenvalue weighted by molar-refractivity contribution is -0.148. The van der Waals surface area contributed by atoms with Crippen LogP contribution in [0.25, 0.3) is 0 Å². The van der Waals surface area contributed by atoms with Crippen molar-refractivity contribution in [2.45, 2.75) is 51.5 Å². The molecular formula is C22H28N2O4. The number of amides is 2. The number of piperidine rings is 1. The lowest BCUT2D eigenvalue weighted by atomic mass is 9.76. The maximum Gasteiger partial charge on any atom is 0.326 e. The largest absolute Gasteiger partial charge is 0.480 e. The number of carbonyl (C=O) groups is 3. The zero-order valence-corrected chi connectivity index (χ0v) is 16.4. The zero-order valence-electron chi connectivity index (χ0n) is 16.4. The first kappa shape index (κ1) is 19.0. The minimum atomic E-state index is -0.899. The lowest BCUT2D eigenvalue weighted by Crippen LogP contribution is -2.45. The van der Waals surface area contributed by atoms with E-state index in [1.54, 1.807) is 4.90 Å². The molecule has 2 aliphatic heterocycles. The first-order valence-corrected chi connectivity index (χ1v) is 10.2. The van der Waals surface area contributed by atoms with Gasteiger partial charge in [-0.15, -0.1) is 0 Å². The minimum Gasteiger partial charge on any atom is -0.480 e. The summed E-state index contributed by atoms with van der Waals surface area (Å²) in [6.45, 7) is 3.83. The van der Waals surface area contributed by atoms with Crippen LogP contribution in [0.2, 0.25) is 0 Å². The van der Waals surface area contributed by atoms with Crippen LogP contribution >= 0.6 is 0 Å². The maximum atomic E-state index is 12.7. The van der Waals surface area contributed by atoms with Crippen molar-refractivity contribution in [2.75, 3.05) is 19.6 Å². The van der Waals surface area contributed by atoms with Crippen LogP contribution in [0.5, 0.6) is 0 Å². The van der Waals surface area contributed by atoms with Crippen molar-refractivity contribution in [3.05, 3.63) is 35.4 Å². The highest BCUT2D eigenvalue weighted by atomic mass is 16.4. The molecule has 1 saturated carbocycles. The van der Waals surface area contributed by atoms with Gasteiger partial charge in [-0.25, -0.2) is 4.79 Å². The van der Waals surface area contributed by atoms with Crippen molar-refractivity contribution in [3.63, 3.8) is 0 Å². The second kappa shape index (κ2) is 7.22. The van der Waals surface area contributed by atoms with Crippen LogP contribution in [0.15, 0.2) is 24.3 Å². The van der Waals surface area contributed by atoms with Crippen LogP contribution in [-0.4, -0.2) is 58.4 Å². The third-order valence-electron chi connectivity index (χ3n) is 6.78. The Balaban J connectivity index is 1.39. The molecule has 2 heterocycles. The number of hydrogen-bond donors (Lipinski definition) is 1. The predicted octanol–water partition coefficient (Wildman–Crippen LogP) is 2.24. The van der Waals surface area contributed by atoms with Crippen LogP contribution in [0.1, 0.15) is 43.2 Å². The van der Waals surface area contributed by atoms with E-state index >= 15 is 0 Å². The summed E-state index contributed by atoms with van der Waals surface area (Å²) in [5.41, 5.74) is 2.02. The van der Waals surface area contributed by atoms with Gasteiger partial charge in [0, 0.05) is 25.6 Å². The van der Waals surface area contributed by atoms with Gasteiger partial charge in [-0.2, -0.15) is 0 Å². The SMILES string of the molecule is Cc1ccccc1CC(=O)N1CCC2(CC1)C[C@@H](C(=O)O)N(C(=O)C1CC1)C2. The van der Waals surface area contributed by atoms with E-state index in [9.17, 15) is 19.5 Å². The molecule has 3 fully saturated rings. The van der Waals surface area contributed by atoms with Crippen molar-refractivity contribution in [2.24, 2.45) is 11.3 Å². The summed E-state index contributed by atoms with van der Waals surface area (Å²) in [7, 11) is 0. The van der Waals surface area contributed by atoms with Crippen molar-refractivity contribution in [1.29, 1.82) is 0 Å². The van der Waals surface area contributed by atoms with E-state index < -0.39 is 12.0 Å². The topological polar surface area (TPSA) is 77.9 Å². The standard InChI is InChI=1S/C22H28N2O4/c1-15-4-2-3-5-17(15)12-19(25)23-10-8-22(9-11-23)13-18(21(27)28)24(14-22)20(26)16-6-7-16/h2-5,16,18H,6-14H2,1H3,(H,27,28)/t18-/m0/s1. The molecule has 1 N–H and O–H groups in total. The normalized spacial score (nSPS) is 23.8. The molecule has 1 aliphatic carbocycles. The maximum absolute atomic E-state index is 12.7. The van der Waals surface area contributed by atoms with E-state index in [0.717, 1.165) is 36.8 Å². The first-order valence-electron chi connectivity index (χ1n) is 10.2. The van der Waals surface area contributed by atoms with Gasteiger partial charge in [0.05, 0.1) is 6.42 Å². The number of carboxylic acid groups (broad SMARTS) is 1.